The Bertz CT molecular complexity index is 116. The van der Waals surface area contributed by atoms with Crippen LogP contribution in [0.2, 0.25) is 0 Å². The molecule has 0 aromatic heterocycles. The second-order valence-corrected chi connectivity index (χ2v) is 1.48. The third-order valence-electron chi connectivity index (χ3n) is 0.443. The highest BCUT2D eigenvalue weighted by molar-refractivity contribution is 5.69. The first-order chi connectivity index (χ1) is 5.54. The molecule has 0 radical (unpaired) electrons. The zero-order valence-corrected chi connectivity index (χ0v) is 7.45. The van der Waals surface area contributed by atoms with Gasteiger partial charge in [-0.15, -0.1) is 0 Å². The monoisotopic (exact) mass is 180 g/mol. The van der Waals surface area contributed by atoms with Crippen LogP contribution in [0, 0.1) is 0 Å². The number of carbonyl (C=O) groups is 2. The van der Waals surface area contributed by atoms with Crippen molar-refractivity contribution in [3.63, 3.8) is 0 Å². The number of hydrogen-bond acceptors (Lipinski definition) is 6. The molecule has 6 heteroatoms. The SMILES string of the molecule is CC(=O)OOC(C)=O.COOC. The summed E-state index contributed by atoms with van der Waals surface area (Å²) < 4.78 is 0. The Balaban J connectivity index is 0. The molecule has 0 aromatic rings. The average molecular weight is 180 g/mol. The molecule has 0 bridgehead atoms. The fourth-order valence-electron chi connectivity index (χ4n) is 0.117. The molecule has 0 N–H and O–H groups in total. The van der Waals surface area contributed by atoms with E-state index < -0.39 is 11.9 Å². The van der Waals surface area contributed by atoms with Crippen LogP contribution >= 0.6 is 0 Å². The molecule has 0 atom stereocenters. The van der Waals surface area contributed by atoms with Crippen molar-refractivity contribution in [1.82, 2.24) is 0 Å². The molecule has 0 rings (SSSR count). The Labute approximate surface area is 70.2 Å². The summed E-state index contributed by atoms with van der Waals surface area (Å²) in [6.45, 7) is 2.28. The maximum Gasteiger partial charge on any atom is 0.352 e. The summed E-state index contributed by atoms with van der Waals surface area (Å²) in [5.41, 5.74) is 0. The van der Waals surface area contributed by atoms with Crippen LogP contribution < -0.4 is 0 Å². The van der Waals surface area contributed by atoms with Crippen molar-refractivity contribution in [3.8, 4) is 0 Å². The van der Waals surface area contributed by atoms with Crippen LogP contribution in [0.3, 0.4) is 0 Å². The molecular formula is C6H12O6. The Morgan fingerprint density at radius 3 is 1.17 bits per heavy atom. The topological polar surface area (TPSA) is 71.1 Å². The summed E-state index contributed by atoms with van der Waals surface area (Å²) in [6.07, 6.45) is 0. The molecule has 0 aromatic carbocycles. The van der Waals surface area contributed by atoms with Crippen LogP contribution in [-0.2, 0) is 29.1 Å². The number of hydrogen-bond donors (Lipinski definition) is 0. The average Bonchev–Trinajstić information content (AvgIpc) is 2.01. The molecule has 72 valence electrons. The van der Waals surface area contributed by atoms with E-state index in [1.165, 1.54) is 14.2 Å². The fourth-order valence-corrected chi connectivity index (χ4v) is 0.117. The van der Waals surface area contributed by atoms with Crippen LogP contribution in [0.5, 0.6) is 0 Å². The van der Waals surface area contributed by atoms with Crippen LogP contribution in [0.15, 0.2) is 0 Å². The molecule has 0 saturated heterocycles. The summed E-state index contributed by atoms with van der Waals surface area (Å²) in [5.74, 6) is -1.28. The first-order valence-corrected chi connectivity index (χ1v) is 2.97. The lowest BCUT2D eigenvalue weighted by molar-refractivity contribution is -0.255. The van der Waals surface area contributed by atoms with Gasteiger partial charge >= 0.3 is 11.9 Å². The minimum absolute atomic E-state index is 0.639. The first kappa shape index (κ1) is 13.4. The predicted molar refractivity (Wildman–Crippen MR) is 37.6 cm³/mol. The van der Waals surface area contributed by atoms with Gasteiger partial charge in [0.05, 0.1) is 14.2 Å². The van der Waals surface area contributed by atoms with Crippen molar-refractivity contribution >= 4 is 11.9 Å². The van der Waals surface area contributed by atoms with Crippen molar-refractivity contribution in [1.29, 1.82) is 0 Å². The van der Waals surface area contributed by atoms with Crippen LogP contribution in [0.1, 0.15) is 13.8 Å². The number of carbonyl (C=O) groups excluding carboxylic acids is 2. The molecule has 0 spiro atoms. The van der Waals surface area contributed by atoms with E-state index >= 15 is 0 Å². The van der Waals surface area contributed by atoms with Gasteiger partial charge in [-0.05, 0) is 0 Å². The summed E-state index contributed by atoms with van der Waals surface area (Å²) in [7, 11) is 2.92. The van der Waals surface area contributed by atoms with E-state index in [1.807, 2.05) is 0 Å². The highest BCUT2D eigenvalue weighted by Gasteiger charge is 1.95. The Morgan fingerprint density at radius 2 is 1.08 bits per heavy atom. The molecule has 0 amide bonds. The van der Waals surface area contributed by atoms with Gasteiger partial charge in [-0.25, -0.2) is 29.1 Å². The van der Waals surface area contributed by atoms with Crippen LogP contribution in [-0.4, -0.2) is 26.2 Å². The summed E-state index contributed by atoms with van der Waals surface area (Å²) in [6, 6.07) is 0. The molecule has 0 fully saturated rings. The van der Waals surface area contributed by atoms with Crippen LogP contribution in [0.4, 0.5) is 0 Å². The summed E-state index contributed by atoms with van der Waals surface area (Å²) in [5, 5.41) is 0. The van der Waals surface area contributed by atoms with Gasteiger partial charge in [0.15, 0.2) is 0 Å². The smallest absolute Gasteiger partial charge is 0.248 e. The van der Waals surface area contributed by atoms with E-state index in [0.29, 0.717) is 0 Å². The molecule has 0 heterocycles. The number of rotatable bonds is 1. The normalized spacial score (nSPS) is 7.67. The third kappa shape index (κ3) is 23.2. The Kier molecular flexibility index (Phi) is 11.1. The van der Waals surface area contributed by atoms with E-state index in [2.05, 4.69) is 19.6 Å². The minimum Gasteiger partial charge on any atom is -0.248 e. The summed E-state index contributed by atoms with van der Waals surface area (Å²) >= 11 is 0. The van der Waals surface area contributed by atoms with Crippen molar-refractivity contribution in [3.05, 3.63) is 0 Å². The Morgan fingerprint density at radius 1 is 0.833 bits per heavy atom. The molecule has 0 aliphatic carbocycles. The quantitative estimate of drug-likeness (QED) is 0.424. The minimum atomic E-state index is -0.639. The lowest BCUT2D eigenvalue weighted by Crippen LogP contribution is -2.03. The van der Waals surface area contributed by atoms with Gasteiger partial charge in [-0.1, -0.05) is 0 Å². The van der Waals surface area contributed by atoms with Gasteiger partial charge in [0, 0.05) is 13.8 Å². The predicted octanol–water partition coefficient (Wildman–Crippen LogP) is 0.222. The van der Waals surface area contributed by atoms with E-state index in [4.69, 9.17) is 0 Å². The van der Waals surface area contributed by atoms with Crippen LogP contribution in [0.25, 0.3) is 0 Å². The standard InChI is InChI=1S/C4H6O4.C2H6O2/c1-3(5)7-8-4(2)6;1-3-4-2/h1-2H3;1-2H3. The van der Waals surface area contributed by atoms with E-state index in [-0.39, 0.29) is 0 Å². The van der Waals surface area contributed by atoms with E-state index in [9.17, 15) is 9.59 Å². The maximum absolute atomic E-state index is 9.85. The second kappa shape index (κ2) is 9.86. The van der Waals surface area contributed by atoms with E-state index in [1.54, 1.807) is 0 Å². The largest absolute Gasteiger partial charge is 0.352 e. The third-order valence-corrected chi connectivity index (χ3v) is 0.443. The Hall–Kier alpha value is -1.14. The maximum atomic E-state index is 9.85. The van der Waals surface area contributed by atoms with E-state index in [0.717, 1.165) is 13.8 Å². The lowest BCUT2D eigenvalue weighted by atomic mass is 10.8. The van der Waals surface area contributed by atoms with Crippen molar-refractivity contribution in [2.45, 2.75) is 13.8 Å². The van der Waals surface area contributed by atoms with Gasteiger partial charge in [0.1, 0.15) is 0 Å². The zero-order valence-electron chi connectivity index (χ0n) is 7.45. The second-order valence-electron chi connectivity index (χ2n) is 1.48. The van der Waals surface area contributed by atoms with Gasteiger partial charge in [0.2, 0.25) is 0 Å². The van der Waals surface area contributed by atoms with Gasteiger partial charge in [-0.2, -0.15) is 0 Å². The van der Waals surface area contributed by atoms with Gasteiger partial charge < -0.3 is 0 Å². The molecule has 0 saturated carbocycles. The highest BCUT2D eigenvalue weighted by atomic mass is 17.2. The molecule has 12 heavy (non-hydrogen) atoms. The van der Waals surface area contributed by atoms with Gasteiger partial charge in [0.25, 0.3) is 0 Å². The molecule has 0 aliphatic heterocycles. The van der Waals surface area contributed by atoms with Crippen molar-refractivity contribution in [2.24, 2.45) is 0 Å². The molecule has 6 nitrogen and oxygen atoms in total. The molecular weight excluding hydrogens is 168 g/mol. The van der Waals surface area contributed by atoms with Crippen molar-refractivity contribution < 1.29 is 29.1 Å². The first-order valence-electron chi connectivity index (χ1n) is 2.97. The van der Waals surface area contributed by atoms with Gasteiger partial charge in [-0.3, -0.25) is 0 Å². The zero-order chi connectivity index (χ0) is 9.98. The van der Waals surface area contributed by atoms with Crippen molar-refractivity contribution in [2.75, 3.05) is 14.2 Å². The fraction of sp³-hybridized carbons (Fsp3) is 0.667. The highest BCUT2D eigenvalue weighted by Crippen LogP contribution is 1.78. The molecule has 0 unspecified atom stereocenters. The lowest BCUT2D eigenvalue weighted by Gasteiger charge is -1.93. The molecule has 0 aliphatic rings. The summed E-state index contributed by atoms with van der Waals surface area (Å²) in [4.78, 5) is 35.4.